The van der Waals surface area contributed by atoms with Gasteiger partial charge >= 0.3 is 5.97 Å². The van der Waals surface area contributed by atoms with E-state index < -0.39 is 21.7 Å². The lowest BCUT2D eigenvalue weighted by molar-refractivity contribution is -0.140. The molecular weight excluding hydrogens is 278 g/mol. The van der Waals surface area contributed by atoms with Crippen LogP contribution in [0.3, 0.4) is 0 Å². The van der Waals surface area contributed by atoms with Crippen molar-refractivity contribution in [1.29, 1.82) is 0 Å². The fourth-order valence-electron chi connectivity index (χ4n) is 1.94. The van der Waals surface area contributed by atoms with Crippen molar-refractivity contribution in [1.82, 2.24) is 0 Å². The average molecular weight is 299 g/mol. The third-order valence-electron chi connectivity index (χ3n) is 3.22. The first-order valence-corrected chi connectivity index (χ1v) is 8.28. The smallest absolute Gasteiger partial charge is 0.308 e. The number of sulfone groups is 1. The normalized spacial score (nSPS) is 12.9. The van der Waals surface area contributed by atoms with Crippen LogP contribution in [0, 0.1) is 5.92 Å². The molecule has 1 atom stereocenters. The monoisotopic (exact) mass is 299 g/mol. The van der Waals surface area contributed by atoms with Gasteiger partial charge in [-0.05, 0) is 19.1 Å². The molecule has 0 saturated carbocycles. The fraction of sp³-hybridized carbons (Fsp3) is 0.500. The number of hydrogen-bond donors (Lipinski definition) is 1. The van der Waals surface area contributed by atoms with E-state index in [-0.39, 0.29) is 17.2 Å². The van der Waals surface area contributed by atoms with Crippen LogP contribution in [0.25, 0.3) is 0 Å². The van der Waals surface area contributed by atoms with Gasteiger partial charge in [-0.15, -0.1) is 0 Å². The van der Waals surface area contributed by atoms with Gasteiger partial charge < -0.3 is 10.0 Å². The molecule has 5 nitrogen and oxygen atoms in total. The summed E-state index contributed by atoms with van der Waals surface area (Å²) in [4.78, 5) is 13.0. The summed E-state index contributed by atoms with van der Waals surface area (Å²) in [5.41, 5.74) is 0.574. The maximum atomic E-state index is 12.1. The highest BCUT2D eigenvalue weighted by molar-refractivity contribution is 7.91. The number of rotatable bonds is 7. The van der Waals surface area contributed by atoms with Crippen LogP contribution in [0.2, 0.25) is 0 Å². The summed E-state index contributed by atoms with van der Waals surface area (Å²) >= 11 is 0. The second kappa shape index (κ2) is 6.74. The summed E-state index contributed by atoms with van der Waals surface area (Å²) < 4.78 is 24.2. The molecule has 1 aromatic rings. The summed E-state index contributed by atoms with van der Waals surface area (Å²) in [5, 5.41) is 9.00. The van der Waals surface area contributed by atoms with Crippen LogP contribution in [-0.2, 0) is 14.6 Å². The van der Waals surface area contributed by atoms with E-state index in [1.54, 1.807) is 43.0 Å². The third kappa shape index (κ3) is 3.72. The average Bonchev–Trinajstić information content (AvgIpc) is 2.44. The Morgan fingerprint density at radius 3 is 2.40 bits per heavy atom. The first-order chi connectivity index (χ1) is 9.33. The molecule has 1 N–H and O–H groups in total. The maximum absolute atomic E-state index is 12.1. The Bertz CT molecular complexity index is 568. The Morgan fingerprint density at radius 2 is 1.90 bits per heavy atom. The molecule has 1 aromatic carbocycles. The molecule has 1 unspecified atom stereocenters. The van der Waals surface area contributed by atoms with E-state index in [2.05, 4.69) is 0 Å². The molecule has 0 bridgehead atoms. The molecule has 0 amide bonds. The van der Waals surface area contributed by atoms with E-state index in [1.807, 2.05) is 6.92 Å². The Balaban J connectivity index is 3.20. The van der Waals surface area contributed by atoms with Gasteiger partial charge in [-0.2, -0.15) is 0 Å². The zero-order chi connectivity index (χ0) is 15.3. The number of carboxylic acids is 1. The molecule has 6 heteroatoms. The molecule has 0 radical (unpaired) electrons. The van der Waals surface area contributed by atoms with Crippen molar-refractivity contribution in [3.05, 3.63) is 24.3 Å². The van der Waals surface area contributed by atoms with Crippen molar-refractivity contribution in [3.8, 4) is 0 Å². The summed E-state index contributed by atoms with van der Waals surface area (Å²) in [6, 6.07) is 6.74. The van der Waals surface area contributed by atoms with Gasteiger partial charge in [0.25, 0.3) is 0 Å². The summed E-state index contributed by atoms with van der Waals surface area (Å²) in [6.07, 6.45) is 0. The molecule has 0 aromatic heterocycles. The van der Waals surface area contributed by atoms with Crippen molar-refractivity contribution < 1.29 is 18.3 Å². The van der Waals surface area contributed by atoms with Crippen molar-refractivity contribution in [2.24, 2.45) is 5.92 Å². The summed E-state index contributed by atoms with van der Waals surface area (Å²) in [7, 11) is -3.33. The first kappa shape index (κ1) is 16.5. The van der Waals surface area contributed by atoms with E-state index in [0.29, 0.717) is 12.2 Å². The molecule has 0 aliphatic rings. The highest BCUT2D eigenvalue weighted by Crippen LogP contribution is 2.26. The van der Waals surface area contributed by atoms with Gasteiger partial charge in [-0.3, -0.25) is 4.79 Å². The molecule has 112 valence electrons. The van der Waals surface area contributed by atoms with E-state index >= 15 is 0 Å². The standard InChI is InChI=1S/C14H21NO4S/c1-4-15(10-11(3)14(16)17)12-8-6-7-9-13(12)20(18,19)5-2/h6-9,11H,4-5,10H2,1-3H3,(H,16,17). The Labute approximate surface area is 120 Å². The first-order valence-electron chi connectivity index (χ1n) is 6.63. The van der Waals surface area contributed by atoms with E-state index in [9.17, 15) is 13.2 Å². The Kier molecular flexibility index (Phi) is 5.56. The minimum atomic E-state index is -3.33. The number of anilines is 1. The molecule has 0 heterocycles. The molecule has 0 spiro atoms. The molecule has 0 aliphatic heterocycles. The van der Waals surface area contributed by atoms with E-state index in [4.69, 9.17) is 5.11 Å². The second-order valence-corrected chi connectivity index (χ2v) is 6.90. The lowest BCUT2D eigenvalue weighted by Crippen LogP contribution is -2.32. The lowest BCUT2D eigenvalue weighted by Gasteiger charge is -2.27. The second-order valence-electron chi connectivity index (χ2n) is 4.65. The maximum Gasteiger partial charge on any atom is 0.308 e. The quantitative estimate of drug-likeness (QED) is 0.834. The van der Waals surface area contributed by atoms with Crippen LogP contribution in [0.15, 0.2) is 29.2 Å². The fourth-order valence-corrected chi connectivity index (χ4v) is 3.06. The van der Waals surface area contributed by atoms with Gasteiger partial charge in [0.05, 0.1) is 22.3 Å². The van der Waals surface area contributed by atoms with E-state index in [1.165, 1.54) is 0 Å². The molecule has 0 fully saturated rings. The number of para-hydroxylation sites is 1. The molecular formula is C14H21NO4S. The van der Waals surface area contributed by atoms with Crippen molar-refractivity contribution in [3.63, 3.8) is 0 Å². The highest BCUT2D eigenvalue weighted by atomic mass is 32.2. The van der Waals surface area contributed by atoms with Gasteiger partial charge in [0.2, 0.25) is 0 Å². The Morgan fingerprint density at radius 1 is 1.30 bits per heavy atom. The van der Waals surface area contributed by atoms with Gasteiger partial charge in [0.1, 0.15) is 0 Å². The number of carbonyl (C=O) groups is 1. The van der Waals surface area contributed by atoms with Crippen LogP contribution in [-0.4, -0.2) is 38.3 Å². The minimum Gasteiger partial charge on any atom is -0.481 e. The SMILES string of the molecule is CCN(CC(C)C(=O)O)c1ccccc1S(=O)(=O)CC. The molecule has 0 saturated heterocycles. The van der Waals surface area contributed by atoms with Crippen LogP contribution < -0.4 is 4.90 Å². The van der Waals surface area contributed by atoms with Crippen LogP contribution >= 0.6 is 0 Å². The number of aliphatic carboxylic acids is 1. The van der Waals surface area contributed by atoms with Crippen LogP contribution in [0.5, 0.6) is 0 Å². The summed E-state index contributed by atoms with van der Waals surface area (Å²) in [5.74, 6) is -1.43. The van der Waals surface area contributed by atoms with Crippen LogP contribution in [0.4, 0.5) is 5.69 Å². The van der Waals surface area contributed by atoms with Gasteiger partial charge in [-0.25, -0.2) is 8.42 Å². The number of nitrogens with zero attached hydrogens (tertiary/aromatic N) is 1. The van der Waals surface area contributed by atoms with Gasteiger partial charge in [0.15, 0.2) is 9.84 Å². The van der Waals surface area contributed by atoms with E-state index in [0.717, 1.165) is 0 Å². The predicted octanol–water partition coefficient (Wildman–Crippen LogP) is 2.03. The summed E-state index contributed by atoms with van der Waals surface area (Å²) in [6.45, 7) is 5.92. The highest BCUT2D eigenvalue weighted by Gasteiger charge is 2.22. The zero-order valence-electron chi connectivity index (χ0n) is 12.0. The number of carboxylic acid groups (broad SMARTS) is 1. The molecule has 0 aliphatic carbocycles. The molecule has 20 heavy (non-hydrogen) atoms. The lowest BCUT2D eigenvalue weighted by atomic mass is 10.1. The predicted molar refractivity (Wildman–Crippen MR) is 78.9 cm³/mol. The third-order valence-corrected chi connectivity index (χ3v) is 4.99. The number of benzene rings is 1. The number of hydrogen-bond acceptors (Lipinski definition) is 4. The van der Waals surface area contributed by atoms with Gasteiger partial charge in [0, 0.05) is 13.1 Å². The van der Waals surface area contributed by atoms with Crippen molar-refractivity contribution in [2.45, 2.75) is 25.7 Å². The Hall–Kier alpha value is -1.56. The zero-order valence-corrected chi connectivity index (χ0v) is 12.9. The largest absolute Gasteiger partial charge is 0.481 e. The van der Waals surface area contributed by atoms with Gasteiger partial charge in [-0.1, -0.05) is 26.0 Å². The van der Waals surface area contributed by atoms with Crippen molar-refractivity contribution in [2.75, 3.05) is 23.7 Å². The van der Waals surface area contributed by atoms with Crippen molar-refractivity contribution >= 4 is 21.5 Å². The topological polar surface area (TPSA) is 74.7 Å². The van der Waals surface area contributed by atoms with Crippen LogP contribution in [0.1, 0.15) is 20.8 Å². The minimum absolute atomic E-state index is 0.0239. The molecule has 1 rings (SSSR count).